The van der Waals surface area contributed by atoms with Crippen molar-refractivity contribution in [2.45, 2.75) is 27.2 Å². The Morgan fingerprint density at radius 3 is 2.44 bits per heavy atom. The van der Waals surface area contributed by atoms with Crippen molar-refractivity contribution in [3.63, 3.8) is 0 Å². The van der Waals surface area contributed by atoms with E-state index < -0.39 is 0 Å². The molecular formula is C25H26N6O2S. The molecule has 4 rings (SSSR count). The molecule has 0 atom stereocenters. The maximum absolute atomic E-state index is 13.1. The van der Waals surface area contributed by atoms with E-state index in [4.69, 9.17) is 0 Å². The highest BCUT2D eigenvalue weighted by Gasteiger charge is 2.16. The molecule has 2 N–H and O–H groups in total. The van der Waals surface area contributed by atoms with Crippen LogP contribution in [0.15, 0.2) is 69.9 Å². The van der Waals surface area contributed by atoms with Crippen LogP contribution in [0, 0.1) is 13.8 Å². The Labute approximate surface area is 201 Å². The van der Waals surface area contributed by atoms with Gasteiger partial charge in [0.05, 0.1) is 34.2 Å². The Hall–Kier alpha value is -3.98. The Balaban J connectivity index is 1.45. The van der Waals surface area contributed by atoms with E-state index in [1.165, 1.54) is 11.3 Å². The number of nitrogens with zero attached hydrogens (tertiary/aromatic N) is 4. The molecule has 0 aliphatic rings. The number of aryl methyl sites for hydroxylation is 1. The van der Waals surface area contributed by atoms with Crippen LogP contribution in [-0.2, 0) is 18.3 Å². The molecule has 0 saturated heterocycles. The zero-order chi connectivity index (χ0) is 24.2. The summed E-state index contributed by atoms with van der Waals surface area (Å²) in [6, 6.07) is 17.1. The van der Waals surface area contributed by atoms with Gasteiger partial charge in [-0.05, 0) is 50.6 Å². The minimum atomic E-state index is -0.211. The maximum atomic E-state index is 13.1. The van der Waals surface area contributed by atoms with Gasteiger partial charge in [-0.25, -0.2) is 15.1 Å². The number of anilines is 2. The molecule has 0 aliphatic carbocycles. The van der Waals surface area contributed by atoms with Gasteiger partial charge in [0.2, 0.25) is 5.91 Å². The summed E-state index contributed by atoms with van der Waals surface area (Å²) in [5, 5.41) is 10.3. The van der Waals surface area contributed by atoms with Gasteiger partial charge in [0.1, 0.15) is 5.69 Å². The van der Waals surface area contributed by atoms with Crippen LogP contribution >= 0.6 is 11.3 Å². The summed E-state index contributed by atoms with van der Waals surface area (Å²) in [5.41, 5.74) is 7.68. The molecule has 0 fully saturated rings. The fraction of sp³-hybridized carbons (Fsp3) is 0.200. The molecule has 0 bridgehead atoms. The second-order valence-corrected chi connectivity index (χ2v) is 8.97. The number of benzene rings is 2. The molecule has 174 valence electrons. The molecular weight excluding hydrogens is 448 g/mol. The molecule has 2 heterocycles. The van der Waals surface area contributed by atoms with Crippen molar-refractivity contribution in [2.75, 3.05) is 5.32 Å². The van der Waals surface area contributed by atoms with Gasteiger partial charge in [-0.3, -0.25) is 14.3 Å². The smallest absolute Gasteiger partial charge is 0.295 e. The third-order valence-electron chi connectivity index (χ3n) is 5.48. The van der Waals surface area contributed by atoms with Crippen molar-refractivity contribution in [1.29, 1.82) is 0 Å². The van der Waals surface area contributed by atoms with Gasteiger partial charge in [0.15, 0.2) is 0 Å². The van der Waals surface area contributed by atoms with Crippen LogP contribution in [0.4, 0.5) is 11.4 Å². The molecule has 34 heavy (non-hydrogen) atoms. The quantitative estimate of drug-likeness (QED) is 0.312. The normalized spacial score (nSPS) is 11.5. The molecule has 2 aromatic heterocycles. The van der Waals surface area contributed by atoms with E-state index in [-0.39, 0.29) is 17.9 Å². The first kappa shape index (κ1) is 23.2. The highest BCUT2D eigenvalue weighted by molar-refractivity contribution is 7.09. The number of hydrazone groups is 1. The highest BCUT2D eigenvalue weighted by Crippen LogP contribution is 2.20. The molecule has 4 aromatic rings. The van der Waals surface area contributed by atoms with Crippen molar-refractivity contribution >= 4 is 34.3 Å². The van der Waals surface area contributed by atoms with Crippen LogP contribution in [0.1, 0.15) is 28.9 Å². The molecule has 0 unspecified atom stereocenters. The topological polar surface area (TPSA) is 93.3 Å². The number of thiazole rings is 1. The largest absolute Gasteiger partial charge is 0.349 e. The molecule has 0 spiro atoms. The molecule has 2 aromatic carbocycles. The number of carbonyl (C=O) groups is 1. The average Bonchev–Trinajstić information content (AvgIpc) is 3.34. The van der Waals surface area contributed by atoms with E-state index in [0.29, 0.717) is 11.4 Å². The Kier molecular flexibility index (Phi) is 6.74. The van der Waals surface area contributed by atoms with Crippen molar-refractivity contribution in [3.8, 4) is 5.69 Å². The van der Waals surface area contributed by atoms with Crippen LogP contribution in [-0.4, -0.2) is 26.0 Å². The summed E-state index contributed by atoms with van der Waals surface area (Å²) in [7, 11) is 1.86. The van der Waals surface area contributed by atoms with Gasteiger partial charge in [0, 0.05) is 18.1 Å². The number of hydrogen-bond donors (Lipinski definition) is 2. The Morgan fingerprint density at radius 2 is 1.79 bits per heavy atom. The second-order valence-electron chi connectivity index (χ2n) is 7.91. The van der Waals surface area contributed by atoms with Gasteiger partial charge in [0.25, 0.3) is 5.56 Å². The number of carbonyl (C=O) groups excluding carboxylic acids is 1. The summed E-state index contributed by atoms with van der Waals surface area (Å²) in [6.45, 7) is 5.64. The van der Waals surface area contributed by atoms with E-state index in [9.17, 15) is 9.59 Å². The van der Waals surface area contributed by atoms with Crippen molar-refractivity contribution in [3.05, 3.63) is 92.3 Å². The number of nitrogens with one attached hydrogen (secondary N) is 2. The first-order valence-corrected chi connectivity index (χ1v) is 11.7. The van der Waals surface area contributed by atoms with Gasteiger partial charge in [-0.1, -0.05) is 30.3 Å². The predicted molar refractivity (Wildman–Crippen MR) is 136 cm³/mol. The third kappa shape index (κ3) is 4.99. The summed E-state index contributed by atoms with van der Waals surface area (Å²) < 4.78 is 3.47. The zero-order valence-electron chi connectivity index (χ0n) is 19.5. The lowest BCUT2D eigenvalue weighted by atomic mass is 10.1. The van der Waals surface area contributed by atoms with Crippen LogP contribution in [0.3, 0.4) is 0 Å². The standard InChI is InChI=1S/C25H26N6O2S/c1-16(28-29-23(32)14-21-15-34-18(3)26-21)19-10-12-20(13-11-19)27-24-17(2)30(4)31(25(24)33)22-8-6-5-7-9-22/h5-13,15,27H,14H2,1-4H3,(H,29,32)/b28-16-. The van der Waals surface area contributed by atoms with Crippen LogP contribution in [0.2, 0.25) is 0 Å². The maximum Gasteiger partial charge on any atom is 0.295 e. The summed E-state index contributed by atoms with van der Waals surface area (Å²) in [5.74, 6) is -0.211. The summed E-state index contributed by atoms with van der Waals surface area (Å²) in [4.78, 5) is 29.5. The molecule has 0 aliphatic heterocycles. The summed E-state index contributed by atoms with van der Waals surface area (Å²) in [6.07, 6.45) is 0.195. The number of rotatable bonds is 7. The van der Waals surface area contributed by atoms with Gasteiger partial charge in [-0.2, -0.15) is 5.10 Å². The monoisotopic (exact) mass is 474 g/mol. The highest BCUT2D eigenvalue weighted by atomic mass is 32.1. The number of para-hydroxylation sites is 1. The molecule has 1 amide bonds. The van der Waals surface area contributed by atoms with E-state index in [2.05, 4.69) is 20.8 Å². The first-order valence-electron chi connectivity index (χ1n) is 10.8. The van der Waals surface area contributed by atoms with E-state index in [0.717, 1.165) is 33.3 Å². The molecule has 8 nitrogen and oxygen atoms in total. The fourth-order valence-corrected chi connectivity index (χ4v) is 4.17. The minimum absolute atomic E-state index is 0.119. The lowest BCUT2D eigenvalue weighted by molar-refractivity contribution is -0.120. The van der Waals surface area contributed by atoms with Crippen LogP contribution < -0.4 is 16.3 Å². The van der Waals surface area contributed by atoms with Crippen molar-refractivity contribution < 1.29 is 4.79 Å². The van der Waals surface area contributed by atoms with Crippen molar-refractivity contribution in [1.82, 2.24) is 19.8 Å². The lowest BCUT2D eigenvalue weighted by Crippen LogP contribution is -2.21. The molecule has 0 saturated carbocycles. The fourth-order valence-electron chi connectivity index (χ4n) is 3.56. The lowest BCUT2D eigenvalue weighted by Gasteiger charge is -2.07. The number of aromatic nitrogens is 3. The molecule has 9 heteroatoms. The predicted octanol–water partition coefficient (Wildman–Crippen LogP) is 4.08. The number of amides is 1. The van der Waals surface area contributed by atoms with E-state index in [1.807, 2.05) is 92.5 Å². The Bertz CT molecular complexity index is 1400. The summed E-state index contributed by atoms with van der Waals surface area (Å²) >= 11 is 1.52. The molecule has 0 radical (unpaired) electrons. The van der Waals surface area contributed by atoms with Crippen molar-refractivity contribution in [2.24, 2.45) is 12.1 Å². The van der Waals surface area contributed by atoms with Crippen LogP contribution in [0.25, 0.3) is 5.69 Å². The van der Waals surface area contributed by atoms with Gasteiger partial charge in [-0.15, -0.1) is 11.3 Å². The Morgan fingerprint density at radius 1 is 1.09 bits per heavy atom. The SMILES string of the molecule is C/C(=N/NC(=O)Cc1csc(C)n1)c1ccc(Nc2c(C)n(C)n(-c3ccccc3)c2=O)cc1. The zero-order valence-corrected chi connectivity index (χ0v) is 20.3. The first-order chi connectivity index (χ1) is 16.3. The van der Waals surface area contributed by atoms with Gasteiger partial charge < -0.3 is 5.32 Å². The second kappa shape index (κ2) is 9.88. The minimum Gasteiger partial charge on any atom is -0.349 e. The van der Waals surface area contributed by atoms with E-state index >= 15 is 0 Å². The van der Waals surface area contributed by atoms with Gasteiger partial charge >= 0.3 is 0 Å². The van der Waals surface area contributed by atoms with E-state index in [1.54, 1.807) is 4.68 Å². The average molecular weight is 475 g/mol. The number of hydrogen-bond acceptors (Lipinski definition) is 6. The van der Waals surface area contributed by atoms with Crippen LogP contribution in [0.5, 0.6) is 0 Å². The third-order valence-corrected chi connectivity index (χ3v) is 6.31.